The summed E-state index contributed by atoms with van der Waals surface area (Å²) in [5.41, 5.74) is -5.24. The highest BCUT2D eigenvalue weighted by Crippen LogP contribution is 2.44. The van der Waals surface area contributed by atoms with Crippen LogP contribution >= 0.6 is 0 Å². The Balaban J connectivity index is 1.70. The van der Waals surface area contributed by atoms with Crippen LogP contribution in [-0.2, 0) is 0 Å². The quantitative estimate of drug-likeness (QED) is 0.211. The van der Waals surface area contributed by atoms with Crippen molar-refractivity contribution in [2.45, 2.75) is 0 Å². The normalized spacial score (nSPS) is 20.2. The molecule has 0 amide bonds. The largest absolute Gasteiger partial charge is 0.456 e. The molecule has 0 saturated carbocycles. The highest BCUT2D eigenvalue weighted by molar-refractivity contribution is 6.22. The summed E-state index contributed by atoms with van der Waals surface area (Å²) in [6.07, 6.45) is 0. The van der Waals surface area contributed by atoms with Crippen LogP contribution in [0.25, 0.3) is 76.9 Å². The van der Waals surface area contributed by atoms with Crippen LogP contribution in [0.2, 0.25) is 0 Å². The second-order valence-corrected chi connectivity index (χ2v) is 8.26. The summed E-state index contributed by atoms with van der Waals surface area (Å²) in [5.74, 6) is 0. The molecule has 1 heteroatoms. The molecule has 1 heterocycles. The Morgan fingerprint density at radius 2 is 0.744 bits per heavy atom. The molecule has 182 valence electrons. The number of benzene rings is 7. The van der Waals surface area contributed by atoms with Crippen molar-refractivity contribution < 1.29 is 37.3 Å². The van der Waals surface area contributed by atoms with Gasteiger partial charge in [0.2, 0.25) is 0 Å². The van der Waals surface area contributed by atoms with Gasteiger partial charge < -0.3 is 4.42 Å². The Morgan fingerprint density at radius 1 is 0.333 bits per heavy atom. The molecule has 0 N–H and O–H groups in total. The fourth-order valence-electron chi connectivity index (χ4n) is 4.52. The second-order valence-electron chi connectivity index (χ2n) is 8.26. The van der Waals surface area contributed by atoms with Crippen molar-refractivity contribution in [3.63, 3.8) is 0 Å². The van der Waals surface area contributed by atoms with Gasteiger partial charge in [-0.1, -0.05) is 121 Å². The minimum atomic E-state index is -0.932. The van der Waals surface area contributed by atoms with Crippen molar-refractivity contribution in [1.82, 2.24) is 0 Å². The smallest absolute Gasteiger partial charge is 0.135 e. The minimum absolute atomic E-state index is 0.513. The minimum Gasteiger partial charge on any atom is -0.456 e. The molecule has 0 bridgehead atoms. The van der Waals surface area contributed by atoms with Crippen molar-refractivity contribution in [1.29, 1.82) is 0 Å². The Morgan fingerprint density at radius 3 is 1.28 bits per heavy atom. The molecule has 0 aliphatic heterocycles. The first-order valence-electron chi connectivity index (χ1n) is 23.4. The molecule has 39 heavy (non-hydrogen) atoms. The topological polar surface area (TPSA) is 13.1 Å². The molecule has 0 unspecified atom stereocenters. The Bertz CT molecular complexity index is 3360. The SMILES string of the molecule is [2H]c1c([2H])c([2H])c(-c2c([2H])c([2H])c3oc4c([2H])c([2H])c(-c5c6c([2H])c([2H])c([2H])c([2H])c6c(-c6c([2H])c([2H])c([2H])c([2H])c6[2H])c6c([2H])c([2H])c([2H])c([2H])c56)c([2H])c4c3c2[2H])c([2H])c1[2H]. The van der Waals surface area contributed by atoms with Crippen LogP contribution in [0.15, 0.2) is 149 Å². The third-order valence-electron chi connectivity index (χ3n) is 6.14. The summed E-state index contributed by atoms with van der Waals surface area (Å²) in [6.45, 7) is 0. The summed E-state index contributed by atoms with van der Waals surface area (Å²) >= 11 is 0. The molecule has 1 aromatic heterocycles. The Kier molecular flexibility index (Phi) is 1.94. The Hall–Kier alpha value is -5.14. The van der Waals surface area contributed by atoms with E-state index in [9.17, 15) is 6.85 Å². The van der Waals surface area contributed by atoms with Gasteiger partial charge in [0.25, 0.3) is 0 Å². The molecule has 8 rings (SSSR count). The highest BCUT2D eigenvalue weighted by Gasteiger charge is 2.17. The van der Waals surface area contributed by atoms with Crippen LogP contribution in [0, 0.1) is 0 Å². The van der Waals surface area contributed by atoms with E-state index < -0.39 is 222 Å². The lowest BCUT2D eigenvalue weighted by molar-refractivity contribution is 0.669. The van der Waals surface area contributed by atoms with E-state index in [1.807, 2.05) is 0 Å². The average Bonchev–Trinajstić information content (AvgIpc) is 3.67. The van der Waals surface area contributed by atoms with Crippen LogP contribution in [0.3, 0.4) is 0 Å². The predicted molar refractivity (Wildman–Crippen MR) is 165 cm³/mol. The number of hydrogen-bond acceptors (Lipinski definition) is 1. The van der Waals surface area contributed by atoms with E-state index in [2.05, 4.69) is 0 Å². The average molecular weight is 521 g/mol. The van der Waals surface area contributed by atoms with E-state index in [1.165, 1.54) is 0 Å². The highest BCUT2D eigenvalue weighted by atomic mass is 16.3. The van der Waals surface area contributed by atoms with Crippen LogP contribution in [0.5, 0.6) is 0 Å². The van der Waals surface area contributed by atoms with Gasteiger partial charge in [-0.15, -0.1) is 0 Å². The molecule has 0 radical (unpaired) electrons. The van der Waals surface area contributed by atoms with Crippen LogP contribution in [0.4, 0.5) is 0 Å². The lowest BCUT2D eigenvalue weighted by Crippen LogP contribution is -1.90. The van der Waals surface area contributed by atoms with Gasteiger partial charge in [-0.3, -0.25) is 0 Å². The zero-order chi connectivity index (χ0) is 46.6. The third kappa shape index (κ3) is 3.48. The van der Waals surface area contributed by atoms with Crippen LogP contribution < -0.4 is 0 Å². The summed E-state index contributed by atoms with van der Waals surface area (Å²) < 4.78 is 217. The molecule has 0 aliphatic carbocycles. The van der Waals surface area contributed by atoms with Crippen LogP contribution in [0.1, 0.15) is 32.9 Å². The summed E-state index contributed by atoms with van der Waals surface area (Å²) in [6, 6.07) is -21.1. The molecule has 0 fully saturated rings. The maximum atomic E-state index is 9.72. The zero-order valence-corrected chi connectivity index (χ0v) is 19.4. The fourth-order valence-corrected chi connectivity index (χ4v) is 4.52. The van der Waals surface area contributed by atoms with E-state index in [0.717, 1.165) is 0 Å². The summed E-state index contributed by atoms with van der Waals surface area (Å²) in [4.78, 5) is 0. The number of hydrogen-bond donors (Lipinski definition) is 0. The number of rotatable bonds is 3. The standard InChI is InChI=1S/C38H24O/c1-3-11-25(12-4-1)27-19-21-35-33(23-27)34-24-28(20-22-36(34)39-35)38-31-17-9-7-15-29(31)37(26-13-5-2-6-14-26)30-16-8-10-18-32(30)38/h1-24H/i1D,2D,3D,4D,5D,6D,7D,8D,9D,10D,11D,12D,13D,14D,15D,16D,17D,18D,19D,20D,21D,22D,23D,24D. The number of fused-ring (bicyclic) bond motifs is 5. The maximum absolute atomic E-state index is 9.72. The van der Waals surface area contributed by atoms with Crippen molar-refractivity contribution >= 4 is 43.5 Å². The first-order valence-corrected chi connectivity index (χ1v) is 11.4. The predicted octanol–water partition coefficient (Wildman–Crippen LogP) is 10.9. The van der Waals surface area contributed by atoms with Gasteiger partial charge in [0.05, 0.1) is 32.9 Å². The third-order valence-corrected chi connectivity index (χ3v) is 6.14. The molecule has 0 atom stereocenters. The Labute approximate surface area is 260 Å². The van der Waals surface area contributed by atoms with Gasteiger partial charge >= 0.3 is 0 Å². The van der Waals surface area contributed by atoms with Crippen molar-refractivity contribution in [2.24, 2.45) is 0 Å². The molecule has 0 saturated heterocycles. The fraction of sp³-hybridized carbons (Fsp3) is 0. The molecule has 8 aromatic rings. The van der Waals surface area contributed by atoms with Crippen molar-refractivity contribution in [3.8, 4) is 33.4 Å². The van der Waals surface area contributed by atoms with Gasteiger partial charge in [0, 0.05) is 10.8 Å². The summed E-state index contributed by atoms with van der Waals surface area (Å²) in [7, 11) is 0. The lowest BCUT2D eigenvalue weighted by Gasteiger charge is -2.17. The van der Waals surface area contributed by atoms with Gasteiger partial charge in [0.15, 0.2) is 0 Å². The lowest BCUT2D eigenvalue weighted by atomic mass is 9.86. The van der Waals surface area contributed by atoms with E-state index in [-0.39, 0.29) is 0 Å². The molecule has 0 aliphatic rings. The first-order chi connectivity index (χ1) is 29.3. The number of furan rings is 1. The van der Waals surface area contributed by atoms with E-state index in [1.54, 1.807) is 0 Å². The molecular weight excluding hydrogens is 472 g/mol. The van der Waals surface area contributed by atoms with Gasteiger partial charge in [-0.2, -0.15) is 0 Å². The molecule has 7 aromatic carbocycles. The van der Waals surface area contributed by atoms with E-state index in [4.69, 9.17) is 30.5 Å². The monoisotopic (exact) mass is 520 g/mol. The molecule has 1 nitrogen and oxygen atoms in total. The van der Waals surface area contributed by atoms with Gasteiger partial charge in [0.1, 0.15) is 11.2 Å². The van der Waals surface area contributed by atoms with Crippen molar-refractivity contribution in [3.05, 3.63) is 145 Å². The zero-order valence-electron chi connectivity index (χ0n) is 43.4. The van der Waals surface area contributed by atoms with Gasteiger partial charge in [-0.25, -0.2) is 0 Å². The van der Waals surface area contributed by atoms with E-state index >= 15 is 0 Å². The van der Waals surface area contributed by atoms with Crippen molar-refractivity contribution in [2.75, 3.05) is 0 Å². The summed E-state index contributed by atoms with van der Waals surface area (Å²) in [5, 5.41) is -3.66. The van der Waals surface area contributed by atoms with E-state index in [0.29, 0.717) is 0 Å². The molecular formula is C38H24O. The van der Waals surface area contributed by atoms with Gasteiger partial charge in [-0.05, 0) is 79.1 Å². The second kappa shape index (κ2) is 8.72. The molecule has 0 spiro atoms. The maximum Gasteiger partial charge on any atom is 0.135 e. The van der Waals surface area contributed by atoms with Crippen LogP contribution in [-0.4, -0.2) is 0 Å². The first kappa shape index (κ1) is 8.69.